The lowest BCUT2D eigenvalue weighted by Crippen LogP contribution is -2.31. The monoisotopic (exact) mass is 412 g/mol. The SMILES string of the molecule is C=CC(=C)N1CCC(c2nc(-c3ccc(Cc4ccccc4)cc3)c(C=C)s2)CC1. The number of piperidine rings is 1. The number of hydrogen-bond acceptors (Lipinski definition) is 3. The van der Waals surface area contributed by atoms with Gasteiger partial charge in [0.05, 0.1) is 15.6 Å². The largest absolute Gasteiger partial charge is 0.372 e. The first-order chi connectivity index (χ1) is 14.7. The van der Waals surface area contributed by atoms with Gasteiger partial charge in [-0.25, -0.2) is 4.98 Å². The van der Waals surface area contributed by atoms with E-state index in [-0.39, 0.29) is 0 Å². The first-order valence-electron chi connectivity index (χ1n) is 10.5. The number of thiazole rings is 1. The summed E-state index contributed by atoms with van der Waals surface area (Å²) in [6.45, 7) is 14.0. The van der Waals surface area contributed by atoms with Gasteiger partial charge in [0.2, 0.25) is 0 Å². The van der Waals surface area contributed by atoms with Crippen molar-refractivity contribution in [1.82, 2.24) is 9.88 Å². The molecule has 0 N–H and O–H groups in total. The molecule has 2 nitrogen and oxygen atoms in total. The van der Waals surface area contributed by atoms with Crippen molar-refractivity contribution in [3.8, 4) is 11.3 Å². The highest BCUT2D eigenvalue weighted by Crippen LogP contribution is 2.37. The van der Waals surface area contributed by atoms with E-state index in [0.717, 1.165) is 43.7 Å². The van der Waals surface area contributed by atoms with Crippen LogP contribution in [0.3, 0.4) is 0 Å². The molecule has 0 aliphatic carbocycles. The Labute approximate surface area is 183 Å². The van der Waals surface area contributed by atoms with Crippen molar-refractivity contribution in [3.63, 3.8) is 0 Å². The number of allylic oxidation sites excluding steroid dienone is 1. The van der Waals surface area contributed by atoms with E-state index in [1.54, 1.807) is 11.3 Å². The molecule has 1 fully saturated rings. The maximum absolute atomic E-state index is 5.06. The lowest BCUT2D eigenvalue weighted by molar-refractivity contribution is 0.271. The Morgan fingerprint density at radius 3 is 2.30 bits per heavy atom. The molecule has 1 aromatic heterocycles. The zero-order chi connectivity index (χ0) is 20.9. The van der Waals surface area contributed by atoms with Gasteiger partial charge in [-0.05, 0) is 42.5 Å². The average molecular weight is 413 g/mol. The molecule has 1 aliphatic rings. The maximum atomic E-state index is 5.06. The lowest BCUT2D eigenvalue weighted by Gasteiger charge is -2.33. The highest BCUT2D eigenvalue weighted by molar-refractivity contribution is 7.13. The summed E-state index contributed by atoms with van der Waals surface area (Å²) in [6.07, 6.45) is 6.95. The van der Waals surface area contributed by atoms with E-state index < -0.39 is 0 Å². The number of rotatable bonds is 7. The molecule has 0 bridgehead atoms. The molecule has 0 radical (unpaired) electrons. The molecule has 0 amide bonds. The summed E-state index contributed by atoms with van der Waals surface area (Å²) >= 11 is 1.79. The quantitative estimate of drug-likeness (QED) is 0.391. The topological polar surface area (TPSA) is 16.1 Å². The summed E-state index contributed by atoms with van der Waals surface area (Å²) in [5.41, 5.74) is 5.90. The van der Waals surface area contributed by atoms with Crippen LogP contribution in [0.5, 0.6) is 0 Å². The fraction of sp³-hybridized carbons (Fsp3) is 0.222. The minimum Gasteiger partial charge on any atom is -0.372 e. The van der Waals surface area contributed by atoms with Gasteiger partial charge in [0.25, 0.3) is 0 Å². The molecular formula is C27H28N2S. The second kappa shape index (κ2) is 9.27. The Morgan fingerprint density at radius 2 is 1.67 bits per heavy atom. The summed E-state index contributed by atoms with van der Waals surface area (Å²) in [5.74, 6) is 0.508. The van der Waals surface area contributed by atoms with Crippen LogP contribution in [-0.2, 0) is 6.42 Å². The van der Waals surface area contributed by atoms with Crippen LogP contribution in [0.1, 0.15) is 39.8 Å². The Hall–Kier alpha value is -2.91. The van der Waals surface area contributed by atoms with Gasteiger partial charge >= 0.3 is 0 Å². The molecule has 0 atom stereocenters. The van der Waals surface area contributed by atoms with E-state index in [1.165, 1.54) is 26.6 Å². The van der Waals surface area contributed by atoms with Gasteiger partial charge in [0.15, 0.2) is 0 Å². The van der Waals surface area contributed by atoms with E-state index in [9.17, 15) is 0 Å². The average Bonchev–Trinajstić information content (AvgIpc) is 3.24. The molecule has 4 rings (SSSR count). The number of nitrogens with zero attached hydrogens (tertiary/aromatic N) is 2. The number of hydrogen-bond donors (Lipinski definition) is 0. The molecule has 152 valence electrons. The molecule has 2 aromatic carbocycles. The third-order valence-electron chi connectivity index (χ3n) is 5.82. The van der Waals surface area contributed by atoms with Gasteiger partial charge < -0.3 is 4.90 Å². The fourth-order valence-electron chi connectivity index (χ4n) is 4.02. The molecule has 2 heterocycles. The standard InChI is InChI=1S/C27H28N2S/c1-4-20(3)29-17-15-24(16-18-29)27-28-26(25(5-2)30-27)23-13-11-22(12-14-23)19-21-9-7-6-8-10-21/h4-14,24H,1-3,15-19H2. The predicted octanol–water partition coefficient (Wildman–Crippen LogP) is 6.92. The fourth-order valence-corrected chi connectivity index (χ4v) is 5.13. The Kier molecular flexibility index (Phi) is 6.29. The Balaban J connectivity index is 1.49. The summed E-state index contributed by atoms with van der Waals surface area (Å²) < 4.78 is 0. The van der Waals surface area contributed by atoms with Gasteiger partial charge in [0, 0.05) is 30.3 Å². The van der Waals surface area contributed by atoms with Gasteiger partial charge in [-0.2, -0.15) is 0 Å². The highest BCUT2D eigenvalue weighted by Gasteiger charge is 2.24. The van der Waals surface area contributed by atoms with Crippen molar-refractivity contribution in [1.29, 1.82) is 0 Å². The Morgan fingerprint density at radius 1 is 1.00 bits per heavy atom. The van der Waals surface area contributed by atoms with E-state index in [1.807, 2.05) is 12.2 Å². The molecule has 30 heavy (non-hydrogen) atoms. The minimum absolute atomic E-state index is 0.508. The van der Waals surface area contributed by atoms with Gasteiger partial charge in [-0.1, -0.05) is 74.3 Å². The summed E-state index contributed by atoms with van der Waals surface area (Å²) in [4.78, 5) is 8.55. The highest BCUT2D eigenvalue weighted by atomic mass is 32.1. The van der Waals surface area contributed by atoms with Crippen molar-refractivity contribution in [2.45, 2.75) is 25.2 Å². The van der Waals surface area contributed by atoms with E-state index >= 15 is 0 Å². The van der Waals surface area contributed by atoms with Crippen LogP contribution in [0.2, 0.25) is 0 Å². The predicted molar refractivity (Wildman–Crippen MR) is 130 cm³/mol. The second-order valence-electron chi connectivity index (χ2n) is 7.79. The van der Waals surface area contributed by atoms with Gasteiger partial charge in [-0.3, -0.25) is 0 Å². The molecule has 0 unspecified atom stereocenters. The van der Waals surface area contributed by atoms with Gasteiger partial charge in [0.1, 0.15) is 0 Å². The van der Waals surface area contributed by atoms with E-state index in [2.05, 4.69) is 79.2 Å². The molecule has 3 heteroatoms. The van der Waals surface area contributed by atoms with Crippen LogP contribution in [0.15, 0.2) is 86.1 Å². The van der Waals surface area contributed by atoms with Crippen molar-refractivity contribution in [3.05, 3.63) is 107 Å². The number of aromatic nitrogens is 1. The molecular weight excluding hydrogens is 384 g/mol. The van der Waals surface area contributed by atoms with Crippen LogP contribution in [-0.4, -0.2) is 23.0 Å². The Bertz CT molecular complexity index is 1020. The van der Waals surface area contributed by atoms with Crippen molar-refractivity contribution < 1.29 is 0 Å². The summed E-state index contributed by atoms with van der Waals surface area (Å²) in [7, 11) is 0. The van der Waals surface area contributed by atoms with Gasteiger partial charge in [-0.15, -0.1) is 11.3 Å². The molecule has 3 aromatic rings. The smallest absolute Gasteiger partial charge is 0.0971 e. The normalized spacial score (nSPS) is 14.5. The second-order valence-corrected chi connectivity index (χ2v) is 8.85. The number of benzene rings is 2. The maximum Gasteiger partial charge on any atom is 0.0971 e. The summed E-state index contributed by atoms with van der Waals surface area (Å²) in [6, 6.07) is 19.4. The summed E-state index contributed by atoms with van der Waals surface area (Å²) in [5, 5.41) is 1.23. The lowest BCUT2D eigenvalue weighted by atomic mass is 9.97. The van der Waals surface area contributed by atoms with Crippen LogP contribution >= 0.6 is 11.3 Å². The third kappa shape index (κ3) is 4.47. The van der Waals surface area contributed by atoms with Crippen molar-refractivity contribution in [2.24, 2.45) is 0 Å². The van der Waals surface area contributed by atoms with Crippen LogP contribution < -0.4 is 0 Å². The number of likely N-dealkylation sites (tertiary alicyclic amines) is 1. The van der Waals surface area contributed by atoms with Crippen LogP contribution in [0, 0.1) is 0 Å². The van der Waals surface area contributed by atoms with Crippen LogP contribution in [0.4, 0.5) is 0 Å². The first-order valence-corrected chi connectivity index (χ1v) is 11.3. The van der Waals surface area contributed by atoms with Crippen molar-refractivity contribution >= 4 is 17.4 Å². The first kappa shape index (κ1) is 20.4. The van der Waals surface area contributed by atoms with E-state index in [0.29, 0.717) is 5.92 Å². The third-order valence-corrected chi connectivity index (χ3v) is 7.03. The molecule has 1 saturated heterocycles. The molecule has 1 aliphatic heterocycles. The molecule has 0 spiro atoms. The van der Waals surface area contributed by atoms with Crippen molar-refractivity contribution in [2.75, 3.05) is 13.1 Å². The zero-order valence-corrected chi connectivity index (χ0v) is 18.2. The van der Waals surface area contributed by atoms with E-state index in [4.69, 9.17) is 4.98 Å². The van der Waals surface area contributed by atoms with Crippen LogP contribution in [0.25, 0.3) is 17.3 Å². The molecule has 0 saturated carbocycles. The zero-order valence-electron chi connectivity index (χ0n) is 17.4. The minimum atomic E-state index is 0.508.